The Labute approximate surface area is 65.3 Å². The summed E-state index contributed by atoms with van der Waals surface area (Å²) < 4.78 is 0. The van der Waals surface area contributed by atoms with Crippen molar-refractivity contribution in [1.82, 2.24) is 0 Å². The number of allylic oxidation sites excluding steroid dienone is 4. The minimum absolute atomic E-state index is 0.0695. The van der Waals surface area contributed by atoms with Crippen LogP contribution in [0.5, 0.6) is 0 Å². The molecule has 0 amide bonds. The first-order valence-electron chi connectivity index (χ1n) is 2.87. The normalized spacial score (nSPS) is 11.9. The van der Waals surface area contributed by atoms with Gasteiger partial charge in [0.15, 0.2) is 5.71 Å². The van der Waals surface area contributed by atoms with Crippen molar-refractivity contribution in [2.45, 2.75) is 0 Å². The lowest BCUT2D eigenvalue weighted by molar-refractivity contribution is 0.320. The predicted molar refractivity (Wildman–Crippen MR) is 43.3 cm³/mol. The number of nitriles is 1. The zero-order chi connectivity index (χ0) is 8.69. The van der Waals surface area contributed by atoms with Crippen molar-refractivity contribution in [3.8, 4) is 6.07 Å². The number of nitrogens with zero attached hydrogens (tertiary/aromatic N) is 2. The molecule has 0 aliphatic heterocycles. The zero-order valence-corrected chi connectivity index (χ0v) is 5.99. The van der Waals surface area contributed by atoms with Gasteiger partial charge in [0.2, 0.25) is 0 Å². The Bertz CT molecular complexity index is 256. The van der Waals surface area contributed by atoms with Crippen molar-refractivity contribution in [1.29, 1.82) is 5.26 Å². The molecule has 0 heterocycles. The molecule has 0 radical (unpaired) electrons. The third-order valence-electron chi connectivity index (χ3n) is 0.997. The Morgan fingerprint density at radius 3 is 2.45 bits per heavy atom. The van der Waals surface area contributed by atoms with Crippen LogP contribution in [-0.2, 0) is 0 Å². The molecule has 0 aromatic rings. The molecule has 0 aromatic carbocycles. The Hall–Kier alpha value is -1.82. The second-order valence-electron chi connectivity index (χ2n) is 1.62. The number of hydrogen-bond acceptors (Lipinski definition) is 3. The first-order chi connectivity index (χ1) is 5.29. The maximum Gasteiger partial charge on any atom is 0.186 e. The summed E-state index contributed by atoms with van der Waals surface area (Å²) in [6, 6.07) is 1.70. The van der Waals surface area contributed by atoms with E-state index in [1.54, 1.807) is 6.07 Å². The number of hydrogen-bond donors (Lipinski definition) is 1. The van der Waals surface area contributed by atoms with Gasteiger partial charge in [-0.1, -0.05) is 36.5 Å². The SMILES string of the molecule is C=C/C=C(C=C)/C(C#N)=N/O. The lowest BCUT2D eigenvalue weighted by Crippen LogP contribution is -1.95. The smallest absolute Gasteiger partial charge is 0.186 e. The van der Waals surface area contributed by atoms with Crippen LogP contribution in [0.4, 0.5) is 0 Å². The minimum Gasteiger partial charge on any atom is -0.410 e. The monoisotopic (exact) mass is 148 g/mol. The van der Waals surface area contributed by atoms with Gasteiger partial charge in [0, 0.05) is 5.57 Å². The fourth-order valence-corrected chi connectivity index (χ4v) is 0.515. The number of rotatable bonds is 3. The molecule has 0 spiro atoms. The molecule has 0 fully saturated rings. The maximum absolute atomic E-state index is 8.39. The van der Waals surface area contributed by atoms with E-state index >= 15 is 0 Å². The van der Waals surface area contributed by atoms with Crippen LogP contribution in [-0.4, -0.2) is 10.9 Å². The molecule has 0 atom stereocenters. The Morgan fingerprint density at radius 2 is 2.18 bits per heavy atom. The molecular weight excluding hydrogens is 140 g/mol. The zero-order valence-electron chi connectivity index (χ0n) is 5.99. The summed E-state index contributed by atoms with van der Waals surface area (Å²) in [5.41, 5.74) is 0.380. The van der Waals surface area contributed by atoms with Crippen molar-refractivity contribution in [2.75, 3.05) is 0 Å². The molecule has 0 aliphatic rings. The van der Waals surface area contributed by atoms with Crippen molar-refractivity contribution in [3.63, 3.8) is 0 Å². The Kier molecular flexibility index (Phi) is 4.18. The van der Waals surface area contributed by atoms with E-state index < -0.39 is 0 Å². The van der Waals surface area contributed by atoms with Crippen LogP contribution in [0.2, 0.25) is 0 Å². The van der Waals surface area contributed by atoms with Gasteiger partial charge in [0.05, 0.1) is 0 Å². The molecular formula is C8H8N2O. The van der Waals surface area contributed by atoms with E-state index in [1.165, 1.54) is 18.2 Å². The third-order valence-corrected chi connectivity index (χ3v) is 0.997. The van der Waals surface area contributed by atoms with Crippen LogP contribution in [0.15, 0.2) is 42.1 Å². The van der Waals surface area contributed by atoms with Gasteiger partial charge in [-0.05, 0) is 0 Å². The van der Waals surface area contributed by atoms with Crippen LogP contribution < -0.4 is 0 Å². The van der Waals surface area contributed by atoms with E-state index in [4.69, 9.17) is 10.5 Å². The Morgan fingerprint density at radius 1 is 1.55 bits per heavy atom. The largest absolute Gasteiger partial charge is 0.410 e. The van der Waals surface area contributed by atoms with Crippen LogP contribution in [0.3, 0.4) is 0 Å². The van der Waals surface area contributed by atoms with Crippen molar-refractivity contribution in [3.05, 3.63) is 37.0 Å². The highest BCUT2D eigenvalue weighted by atomic mass is 16.4. The van der Waals surface area contributed by atoms with Gasteiger partial charge >= 0.3 is 0 Å². The van der Waals surface area contributed by atoms with E-state index in [0.29, 0.717) is 5.57 Å². The average molecular weight is 148 g/mol. The summed E-state index contributed by atoms with van der Waals surface area (Å²) in [6.07, 6.45) is 4.44. The first kappa shape index (κ1) is 9.18. The first-order valence-corrected chi connectivity index (χ1v) is 2.87. The van der Waals surface area contributed by atoms with Crippen LogP contribution in [0.1, 0.15) is 0 Å². The Balaban J connectivity index is 4.80. The van der Waals surface area contributed by atoms with Crippen molar-refractivity contribution in [2.24, 2.45) is 5.16 Å². The summed E-state index contributed by atoms with van der Waals surface area (Å²) in [5, 5.41) is 19.5. The molecule has 3 heteroatoms. The third kappa shape index (κ3) is 2.50. The molecule has 0 saturated heterocycles. The van der Waals surface area contributed by atoms with Gasteiger partial charge in [0.1, 0.15) is 6.07 Å². The molecule has 56 valence electrons. The predicted octanol–water partition coefficient (Wildman–Crippen LogP) is 1.64. The standard InChI is InChI=1S/C8H8N2O/c1-3-5-7(4-2)8(6-9)10-11/h3-5,11H,1-2H2/b7-5+,10-8+. The molecule has 0 saturated carbocycles. The second kappa shape index (κ2) is 5.00. The summed E-state index contributed by atoms with van der Waals surface area (Å²) in [6.45, 7) is 6.87. The average Bonchev–Trinajstić information content (AvgIpc) is 2.05. The van der Waals surface area contributed by atoms with Gasteiger partial charge in [0.25, 0.3) is 0 Å². The molecule has 0 unspecified atom stereocenters. The second-order valence-corrected chi connectivity index (χ2v) is 1.62. The molecule has 1 N–H and O–H groups in total. The topological polar surface area (TPSA) is 56.4 Å². The quantitative estimate of drug-likeness (QED) is 0.286. The highest BCUT2D eigenvalue weighted by Crippen LogP contribution is 1.98. The number of oxime groups is 1. The molecule has 0 aromatic heterocycles. The van der Waals surface area contributed by atoms with Gasteiger partial charge in [-0.25, -0.2) is 0 Å². The lowest BCUT2D eigenvalue weighted by Gasteiger charge is -1.91. The molecule has 3 nitrogen and oxygen atoms in total. The van der Waals surface area contributed by atoms with Gasteiger partial charge < -0.3 is 5.21 Å². The van der Waals surface area contributed by atoms with Gasteiger partial charge in [-0.2, -0.15) is 5.26 Å². The van der Waals surface area contributed by atoms with Gasteiger partial charge in [-0.15, -0.1) is 0 Å². The molecule has 11 heavy (non-hydrogen) atoms. The minimum atomic E-state index is -0.0695. The van der Waals surface area contributed by atoms with E-state index in [-0.39, 0.29) is 5.71 Å². The maximum atomic E-state index is 8.39. The lowest BCUT2D eigenvalue weighted by atomic mass is 10.1. The molecule has 0 aliphatic carbocycles. The van der Waals surface area contributed by atoms with Gasteiger partial charge in [-0.3, -0.25) is 0 Å². The van der Waals surface area contributed by atoms with Crippen LogP contribution in [0, 0.1) is 11.3 Å². The fraction of sp³-hybridized carbons (Fsp3) is 0. The highest BCUT2D eigenvalue weighted by Gasteiger charge is 1.99. The van der Waals surface area contributed by atoms with Crippen molar-refractivity contribution < 1.29 is 5.21 Å². The van der Waals surface area contributed by atoms with Crippen LogP contribution in [0.25, 0.3) is 0 Å². The molecule has 0 bridgehead atoms. The molecule has 0 rings (SSSR count). The summed E-state index contributed by atoms with van der Waals surface area (Å²) in [5.74, 6) is 0. The summed E-state index contributed by atoms with van der Waals surface area (Å²) >= 11 is 0. The highest BCUT2D eigenvalue weighted by molar-refractivity contribution is 6.12. The van der Waals surface area contributed by atoms with E-state index in [1.807, 2.05) is 0 Å². The van der Waals surface area contributed by atoms with Crippen LogP contribution >= 0.6 is 0 Å². The van der Waals surface area contributed by atoms with E-state index in [2.05, 4.69) is 18.3 Å². The van der Waals surface area contributed by atoms with Crippen molar-refractivity contribution >= 4 is 5.71 Å². The van der Waals surface area contributed by atoms with E-state index in [9.17, 15) is 0 Å². The van der Waals surface area contributed by atoms with E-state index in [0.717, 1.165) is 0 Å². The summed E-state index contributed by atoms with van der Waals surface area (Å²) in [4.78, 5) is 0. The fourth-order valence-electron chi connectivity index (χ4n) is 0.515. The summed E-state index contributed by atoms with van der Waals surface area (Å²) in [7, 11) is 0.